The molecule has 1 aliphatic carbocycles. The Labute approximate surface area is 119 Å². The van der Waals surface area contributed by atoms with Crippen molar-refractivity contribution >= 4 is 17.5 Å². The summed E-state index contributed by atoms with van der Waals surface area (Å²) < 4.78 is 0. The molecule has 19 heavy (non-hydrogen) atoms. The van der Waals surface area contributed by atoms with Crippen LogP contribution >= 0.6 is 11.6 Å². The van der Waals surface area contributed by atoms with Gasteiger partial charge < -0.3 is 10.4 Å². The third kappa shape index (κ3) is 3.95. The van der Waals surface area contributed by atoms with Crippen LogP contribution in [0.2, 0.25) is 5.02 Å². The molecule has 0 heterocycles. The molecule has 1 aliphatic rings. The van der Waals surface area contributed by atoms with Gasteiger partial charge in [-0.25, -0.2) is 0 Å². The number of benzene rings is 1. The van der Waals surface area contributed by atoms with Gasteiger partial charge in [0.1, 0.15) is 0 Å². The van der Waals surface area contributed by atoms with Gasteiger partial charge in [0.2, 0.25) is 0 Å². The Kier molecular flexibility index (Phi) is 5.23. The van der Waals surface area contributed by atoms with Gasteiger partial charge in [0.25, 0.3) is 5.91 Å². The van der Waals surface area contributed by atoms with Crippen molar-refractivity contribution in [1.29, 1.82) is 0 Å². The monoisotopic (exact) mass is 281 g/mol. The number of hydrogen-bond donors (Lipinski definition) is 2. The lowest BCUT2D eigenvalue weighted by Crippen LogP contribution is -2.37. The number of amides is 1. The standard InChI is InChI=1S/C15H20ClNO2/c16-13-9-5-4-8-12(13)15(19)17-10-14(18)11-6-2-1-3-7-11/h4-5,8-9,11,14,18H,1-3,6-7,10H2,(H,17,19)/t14-/m1/s1. The Morgan fingerprint density at radius 2 is 2.00 bits per heavy atom. The highest BCUT2D eigenvalue weighted by atomic mass is 35.5. The maximum Gasteiger partial charge on any atom is 0.252 e. The second-order valence-corrected chi connectivity index (χ2v) is 5.56. The predicted octanol–water partition coefficient (Wildman–Crippen LogP) is 3.01. The number of nitrogens with one attached hydrogen (secondary N) is 1. The van der Waals surface area contributed by atoms with Crippen LogP contribution in [-0.2, 0) is 0 Å². The van der Waals surface area contributed by atoms with E-state index in [1.54, 1.807) is 24.3 Å². The van der Waals surface area contributed by atoms with Gasteiger partial charge in [-0.2, -0.15) is 0 Å². The van der Waals surface area contributed by atoms with E-state index in [0.29, 0.717) is 23.0 Å². The van der Waals surface area contributed by atoms with E-state index < -0.39 is 6.10 Å². The van der Waals surface area contributed by atoms with Crippen LogP contribution < -0.4 is 5.32 Å². The molecule has 1 amide bonds. The van der Waals surface area contributed by atoms with E-state index in [0.717, 1.165) is 12.8 Å². The maximum atomic E-state index is 11.9. The lowest BCUT2D eigenvalue weighted by molar-refractivity contribution is 0.0738. The minimum absolute atomic E-state index is 0.222. The Balaban J connectivity index is 1.84. The average molecular weight is 282 g/mol. The van der Waals surface area contributed by atoms with Crippen LogP contribution in [0.25, 0.3) is 0 Å². The van der Waals surface area contributed by atoms with E-state index in [-0.39, 0.29) is 5.91 Å². The lowest BCUT2D eigenvalue weighted by atomic mass is 9.85. The third-order valence-corrected chi connectivity index (χ3v) is 4.11. The number of rotatable bonds is 4. The smallest absolute Gasteiger partial charge is 0.252 e. The molecule has 1 aromatic carbocycles. The van der Waals surface area contributed by atoms with Crippen LogP contribution in [0, 0.1) is 5.92 Å². The van der Waals surface area contributed by atoms with Crippen LogP contribution in [0.1, 0.15) is 42.5 Å². The fourth-order valence-corrected chi connectivity index (χ4v) is 2.85. The Morgan fingerprint density at radius 1 is 1.32 bits per heavy atom. The van der Waals surface area contributed by atoms with E-state index in [4.69, 9.17) is 11.6 Å². The molecule has 0 spiro atoms. The number of halogens is 1. The molecule has 0 bridgehead atoms. The summed E-state index contributed by atoms with van der Waals surface area (Å²) >= 11 is 5.96. The van der Waals surface area contributed by atoms with Gasteiger partial charge in [-0.3, -0.25) is 4.79 Å². The van der Waals surface area contributed by atoms with Crippen molar-refractivity contribution < 1.29 is 9.90 Å². The van der Waals surface area contributed by atoms with Gasteiger partial charge in [0.05, 0.1) is 16.7 Å². The number of carbonyl (C=O) groups excluding carboxylic acids is 1. The van der Waals surface area contributed by atoms with E-state index >= 15 is 0 Å². The summed E-state index contributed by atoms with van der Waals surface area (Å²) in [5.74, 6) is 0.0979. The zero-order valence-corrected chi connectivity index (χ0v) is 11.7. The molecular weight excluding hydrogens is 262 g/mol. The first kappa shape index (κ1) is 14.4. The molecule has 0 aliphatic heterocycles. The highest BCUT2D eigenvalue weighted by molar-refractivity contribution is 6.33. The van der Waals surface area contributed by atoms with Crippen LogP contribution in [0.15, 0.2) is 24.3 Å². The number of aliphatic hydroxyl groups is 1. The molecule has 0 radical (unpaired) electrons. The van der Waals surface area contributed by atoms with E-state index in [2.05, 4.69) is 5.32 Å². The SMILES string of the molecule is O=C(NC[C@@H](O)C1CCCCC1)c1ccccc1Cl. The van der Waals surface area contributed by atoms with Gasteiger partial charge >= 0.3 is 0 Å². The molecule has 1 saturated carbocycles. The number of hydrogen-bond acceptors (Lipinski definition) is 2. The Morgan fingerprint density at radius 3 is 2.68 bits per heavy atom. The molecule has 2 N–H and O–H groups in total. The topological polar surface area (TPSA) is 49.3 Å². The Bertz CT molecular complexity index is 430. The summed E-state index contributed by atoms with van der Waals surface area (Å²) in [4.78, 5) is 11.9. The molecule has 4 heteroatoms. The number of carbonyl (C=O) groups is 1. The summed E-state index contributed by atoms with van der Waals surface area (Å²) in [6, 6.07) is 6.94. The van der Waals surface area contributed by atoms with E-state index in [9.17, 15) is 9.90 Å². The van der Waals surface area contributed by atoms with Crippen LogP contribution in [-0.4, -0.2) is 23.7 Å². The van der Waals surface area contributed by atoms with E-state index in [1.165, 1.54) is 19.3 Å². The first-order chi connectivity index (χ1) is 9.18. The van der Waals surface area contributed by atoms with Crippen molar-refractivity contribution in [2.24, 2.45) is 5.92 Å². The third-order valence-electron chi connectivity index (χ3n) is 3.78. The molecular formula is C15H20ClNO2. The fraction of sp³-hybridized carbons (Fsp3) is 0.533. The molecule has 1 fully saturated rings. The molecule has 3 nitrogen and oxygen atoms in total. The van der Waals surface area contributed by atoms with Gasteiger partial charge in [0.15, 0.2) is 0 Å². The molecule has 104 valence electrons. The summed E-state index contributed by atoms with van der Waals surface area (Å²) in [6.07, 6.45) is 5.29. The fourth-order valence-electron chi connectivity index (χ4n) is 2.62. The van der Waals surface area contributed by atoms with E-state index in [1.807, 2.05) is 0 Å². The van der Waals surface area contributed by atoms with Crippen LogP contribution in [0.3, 0.4) is 0 Å². The van der Waals surface area contributed by atoms with Crippen molar-refractivity contribution in [2.45, 2.75) is 38.2 Å². The van der Waals surface area contributed by atoms with Gasteiger partial charge in [-0.1, -0.05) is 43.0 Å². The average Bonchev–Trinajstić information content (AvgIpc) is 2.46. The summed E-state index contributed by atoms with van der Waals surface area (Å²) in [5, 5.41) is 13.3. The molecule has 1 aromatic rings. The summed E-state index contributed by atoms with van der Waals surface area (Å²) in [7, 11) is 0. The zero-order valence-electron chi connectivity index (χ0n) is 10.9. The highest BCUT2D eigenvalue weighted by Crippen LogP contribution is 2.26. The molecule has 0 unspecified atom stereocenters. The molecule has 0 aromatic heterocycles. The second kappa shape index (κ2) is 6.92. The second-order valence-electron chi connectivity index (χ2n) is 5.16. The minimum Gasteiger partial charge on any atom is -0.391 e. The van der Waals surface area contributed by atoms with Crippen molar-refractivity contribution in [3.8, 4) is 0 Å². The Hall–Kier alpha value is -1.06. The van der Waals surface area contributed by atoms with Gasteiger partial charge in [-0.05, 0) is 30.9 Å². The maximum absolute atomic E-state index is 11.9. The summed E-state index contributed by atoms with van der Waals surface area (Å²) in [5.41, 5.74) is 0.458. The highest BCUT2D eigenvalue weighted by Gasteiger charge is 2.22. The minimum atomic E-state index is -0.452. The van der Waals surface area contributed by atoms with Gasteiger partial charge in [0, 0.05) is 6.54 Å². The van der Waals surface area contributed by atoms with Gasteiger partial charge in [-0.15, -0.1) is 0 Å². The zero-order chi connectivity index (χ0) is 13.7. The first-order valence-corrected chi connectivity index (χ1v) is 7.27. The quantitative estimate of drug-likeness (QED) is 0.891. The van der Waals surface area contributed by atoms with Crippen molar-refractivity contribution in [2.75, 3.05) is 6.54 Å². The summed E-state index contributed by atoms with van der Waals surface area (Å²) in [6.45, 7) is 0.300. The first-order valence-electron chi connectivity index (χ1n) is 6.89. The van der Waals surface area contributed by atoms with Crippen molar-refractivity contribution in [3.63, 3.8) is 0 Å². The molecule has 0 saturated heterocycles. The van der Waals surface area contributed by atoms with Crippen molar-refractivity contribution in [1.82, 2.24) is 5.32 Å². The largest absolute Gasteiger partial charge is 0.391 e. The predicted molar refractivity (Wildman–Crippen MR) is 76.4 cm³/mol. The van der Waals surface area contributed by atoms with Crippen molar-refractivity contribution in [3.05, 3.63) is 34.9 Å². The van der Waals surface area contributed by atoms with Crippen LogP contribution in [0.4, 0.5) is 0 Å². The van der Waals surface area contributed by atoms with Crippen LogP contribution in [0.5, 0.6) is 0 Å². The normalized spacial score (nSPS) is 18.0. The lowest BCUT2D eigenvalue weighted by Gasteiger charge is -2.26. The number of aliphatic hydroxyl groups excluding tert-OH is 1. The molecule has 2 rings (SSSR count). The molecule has 1 atom stereocenters.